The predicted molar refractivity (Wildman–Crippen MR) is 140 cm³/mol. The molecule has 2 saturated heterocycles. The lowest BCUT2D eigenvalue weighted by Gasteiger charge is -2.41. The van der Waals surface area contributed by atoms with Crippen molar-refractivity contribution in [1.82, 2.24) is 24.6 Å². The average Bonchev–Trinajstić information content (AvgIpc) is 3.27. The monoisotopic (exact) mass is 504 g/mol. The van der Waals surface area contributed by atoms with E-state index in [1.54, 1.807) is 24.1 Å². The van der Waals surface area contributed by atoms with E-state index in [-0.39, 0.29) is 12.1 Å². The number of ether oxygens (including phenoxy) is 2. The van der Waals surface area contributed by atoms with Gasteiger partial charge in [-0.3, -0.25) is 9.58 Å². The first kappa shape index (κ1) is 23.8. The molecule has 37 heavy (non-hydrogen) atoms. The number of amides is 2. The highest BCUT2D eigenvalue weighted by atomic mass is 16.5. The fourth-order valence-corrected chi connectivity index (χ4v) is 5.07. The molecule has 2 amide bonds. The molecule has 1 aromatic carbocycles. The summed E-state index contributed by atoms with van der Waals surface area (Å²) < 4.78 is 12.8. The SMILES string of the molecule is CC1COCCN1c1nc(-c2ccc(NC(=O)Nc3cnn(C)c3)cc2)nc2c1CCN(C1COC1)C2. The summed E-state index contributed by atoms with van der Waals surface area (Å²) in [7, 11) is 1.80. The van der Waals surface area contributed by atoms with Crippen LogP contribution in [-0.4, -0.2) is 82.3 Å². The van der Waals surface area contributed by atoms with E-state index in [4.69, 9.17) is 19.4 Å². The van der Waals surface area contributed by atoms with Crippen LogP contribution in [0.4, 0.5) is 22.0 Å². The first-order valence-electron chi connectivity index (χ1n) is 12.8. The Labute approximate surface area is 215 Å². The molecule has 1 atom stereocenters. The number of aryl methyl sites for hydroxylation is 1. The Bertz CT molecular complexity index is 1270. The van der Waals surface area contributed by atoms with Crippen LogP contribution in [0.25, 0.3) is 11.4 Å². The second kappa shape index (κ2) is 10.1. The molecule has 2 N–H and O–H groups in total. The van der Waals surface area contributed by atoms with E-state index in [1.807, 2.05) is 24.3 Å². The number of nitrogens with one attached hydrogen (secondary N) is 2. The van der Waals surface area contributed by atoms with Crippen LogP contribution in [-0.2, 0) is 29.5 Å². The molecule has 0 bridgehead atoms. The van der Waals surface area contributed by atoms with Crippen LogP contribution in [0.2, 0.25) is 0 Å². The van der Waals surface area contributed by atoms with Gasteiger partial charge in [-0.2, -0.15) is 5.10 Å². The fourth-order valence-electron chi connectivity index (χ4n) is 5.07. The number of urea groups is 1. The molecule has 3 aliphatic rings. The smallest absolute Gasteiger partial charge is 0.323 e. The van der Waals surface area contributed by atoms with Gasteiger partial charge < -0.3 is 25.0 Å². The van der Waals surface area contributed by atoms with E-state index in [0.29, 0.717) is 36.5 Å². The van der Waals surface area contributed by atoms with E-state index < -0.39 is 0 Å². The van der Waals surface area contributed by atoms with Gasteiger partial charge in [-0.05, 0) is 37.6 Å². The second-order valence-electron chi connectivity index (χ2n) is 9.88. The Morgan fingerprint density at radius 2 is 1.84 bits per heavy atom. The van der Waals surface area contributed by atoms with Crippen LogP contribution in [0.3, 0.4) is 0 Å². The van der Waals surface area contributed by atoms with Crippen molar-refractivity contribution in [2.45, 2.75) is 32.0 Å². The van der Waals surface area contributed by atoms with Gasteiger partial charge in [-0.1, -0.05) is 0 Å². The lowest BCUT2D eigenvalue weighted by molar-refractivity contribution is -0.0699. The topological polar surface area (TPSA) is 110 Å². The van der Waals surface area contributed by atoms with Crippen LogP contribution in [0, 0.1) is 0 Å². The highest BCUT2D eigenvalue weighted by molar-refractivity contribution is 5.99. The minimum absolute atomic E-state index is 0.253. The number of hydrogen-bond donors (Lipinski definition) is 2. The van der Waals surface area contributed by atoms with Gasteiger partial charge in [0.2, 0.25) is 0 Å². The van der Waals surface area contributed by atoms with Crippen molar-refractivity contribution in [3.63, 3.8) is 0 Å². The normalized spacial score (nSPS) is 20.3. The predicted octanol–water partition coefficient (Wildman–Crippen LogP) is 2.50. The first-order chi connectivity index (χ1) is 18.0. The minimum Gasteiger partial charge on any atom is -0.378 e. The number of hydrogen-bond acceptors (Lipinski definition) is 8. The maximum absolute atomic E-state index is 12.4. The number of carbonyl (C=O) groups is 1. The van der Waals surface area contributed by atoms with E-state index in [1.165, 1.54) is 5.56 Å². The maximum Gasteiger partial charge on any atom is 0.323 e. The number of morpholine rings is 1. The summed E-state index contributed by atoms with van der Waals surface area (Å²) in [4.78, 5) is 27.3. The second-order valence-corrected chi connectivity index (χ2v) is 9.88. The first-order valence-corrected chi connectivity index (χ1v) is 12.8. The van der Waals surface area contributed by atoms with Crippen molar-refractivity contribution < 1.29 is 14.3 Å². The Balaban J connectivity index is 1.25. The zero-order valence-corrected chi connectivity index (χ0v) is 21.2. The number of benzene rings is 1. The molecule has 11 heteroatoms. The standard InChI is InChI=1S/C26H32N8O3/c1-17-14-36-10-9-34(17)25-22-7-8-33(21-15-37-16-21)13-23(22)30-24(31-25)18-3-5-19(6-4-18)28-26(35)29-20-11-27-32(2)12-20/h3-6,11-12,17,21H,7-10,13-16H2,1-2H3,(H2,28,29,35). The van der Waals surface area contributed by atoms with Crippen LogP contribution < -0.4 is 15.5 Å². The molecule has 0 aliphatic carbocycles. The summed E-state index contributed by atoms with van der Waals surface area (Å²) in [5.41, 5.74) is 4.56. The van der Waals surface area contributed by atoms with Crippen LogP contribution >= 0.6 is 0 Å². The van der Waals surface area contributed by atoms with Gasteiger partial charge >= 0.3 is 6.03 Å². The van der Waals surface area contributed by atoms with E-state index in [0.717, 1.165) is 56.3 Å². The minimum atomic E-state index is -0.325. The molecule has 11 nitrogen and oxygen atoms in total. The summed E-state index contributed by atoms with van der Waals surface area (Å²) >= 11 is 0. The van der Waals surface area contributed by atoms with Crippen molar-refractivity contribution in [3.8, 4) is 11.4 Å². The molecule has 3 aromatic rings. The van der Waals surface area contributed by atoms with Crippen molar-refractivity contribution in [3.05, 3.63) is 47.9 Å². The van der Waals surface area contributed by atoms with Crippen LogP contribution in [0.15, 0.2) is 36.7 Å². The van der Waals surface area contributed by atoms with Crippen molar-refractivity contribution in [2.24, 2.45) is 7.05 Å². The van der Waals surface area contributed by atoms with Gasteiger partial charge in [0.25, 0.3) is 0 Å². The number of aromatic nitrogens is 4. The summed E-state index contributed by atoms with van der Waals surface area (Å²) in [5.74, 6) is 1.73. The van der Waals surface area contributed by atoms with Crippen molar-refractivity contribution in [2.75, 3.05) is 55.1 Å². The summed E-state index contributed by atoms with van der Waals surface area (Å²) in [6.07, 6.45) is 4.27. The van der Waals surface area contributed by atoms with Gasteiger partial charge in [0.15, 0.2) is 5.82 Å². The van der Waals surface area contributed by atoms with Crippen LogP contribution in [0.1, 0.15) is 18.2 Å². The molecule has 6 rings (SSSR count). The summed E-state index contributed by atoms with van der Waals surface area (Å²) in [5, 5.41) is 9.70. The Hall–Kier alpha value is -3.54. The molecule has 3 aliphatic heterocycles. The van der Waals surface area contributed by atoms with Crippen molar-refractivity contribution in [1.29, 1.82) is 0 Å². The highest BCUT2D eigenvalue weighted by Crippen LogP contribution is 2.32. The Morgan fingerprint density at radius 3 is 2.54 bits per heavy atom. The van der Waals surface area contributed by atoms with E-state index >= 15 is 0 Å². The third-order valence-corrected chi connectivity index (χ3v) is 7.21. The average molecular weight is 505 g/mol. The number of fused-ring (bicyclic) bond motifs is 1. The Morgan fingerprint density at radius 1 is 1.03 bits per heavy atom. The van der Waals surface area contributed by atoms with Crippen LogP contribution in [0.5, 0.6) is 0 Å². The number of nitrogens with zero attached hydrogens (tertiary/aromatic N) is 6. The molecule has 2 fully saturated rings. The maximum atomic E-state index is 12.4. The largest absolute Gasteiger partial charge is 0.378 e. The number of anilines is 3. The van der Waals surface area contributed by atoms with Gasteiger partial charge in [0.05, 0.1) is 56.1 Å². The molecule has 0 saturated carbocycles. The molecule has 0 spiro atoms. The van der Waals surface area contributed by atoms with Crippen molar-refractivity contribution >= 4 is 23.2 Å². The Kier molecular flexibility index (Phi) is 6.49. The number of carbonyl (C=O) groups excluding carboxylic acids is 1. The fraction of sp³-hybridized carbons (Fsp3) is 0.462. The molecule has 1 unspecified atom stereocenters. The lowest BCUT2D eigenvalue weighted by Crippen LogP contribution is -2.51. The van der Waals surface area contributed by atoms with Gasteiger partial charge in [0.1, 0.15) is 5.82 Å². The van der Waals surface area contributed by atoms with Gasteiger partial charge in [0, 0.05) is 49.7 Å². The van der Waals surface area contributed by atoms with E-state index in [9.17, 15) is 4.79 Å². The summed E-state index contributed by atoms with van der Waals surface area (Å²) in [6.45, 7) is 7.79. The third-order valence-electron chi connectivity index (χ3n) is 7.21. The third kappa shape index (κ3) is 5.02. The van der Waals surface area contributed by atoms with Gasteiger partial charge in [-0.15, -0.1) is 0 Å². The molecule has 2 aromatic heterocycles. The number of rotatable bonds is 5. The molecular weight excluding hydrogens is 472 g/mol. The summed E-state index contributed by atoms with van der Waals surface area (Å²) in [6, 6.07) is 8.05. The zero-order chi connectivity index (χ0) is 25.4. The molecule has 5 heterocycles. The molecule has 0 radical (unpaired) electrons. The highest BCUT2D eigenvalue weighted by Gasteiger charge is 2.33. The van der Waals surface area contributed by atoms with Gasteiger partial charge in [-0.25, -0.2) is 14.8 Å². The zero-order valence-electron chi connectivity index (χ0n) is 21.2. The lowest BCUT2D eigenvalue weighted by atomic mass is 10.0. The molecule has 194 valence electrons. The molecular formula is C26H32N8O3. The van der Waals surface area contributed by atoms with E-state index in [2.05, 4.69) is 32.5 Å². The quantitative estimate of drug-likeness (QED) is 0.546.